The molecule has 4 aromatic rings. The molecule has 1 fully saturated rings. The SMILES string of the molecule is O=C1NC(=O)N(c2ccc([N+](=O)[O-])cc2)C(=O)/C1=C/c1c(OCc2ccc(Cl)cc2)ccc2ccccc12. The molecule has 0 atom stereocenters. The molecule has 188 valence electrons. The van der Waals surface area contributed by atoms with Gasteiger partial charge in [-0.05, 0) is 52.7 Å². The number of carbonyl (C=O) groups excluding carboxylic acids is 3. The van der Waals surface area contributed by atoms with Crippen LogP contribution in [0.25, 0.3) is 16.8 Å². The van der Waals surface area contributed by atoms with Crippen molar-refractivity contribution in [3.05, 3.63) is 117 Å². The van der Waals surface area contributed by atoms with E-state index in [0.29, 0.717) is 16.3 Å². The second-order valence-electron chi connectivity index (χ2n) is 8.35. The Morgan fingerprint density at radius 1 is 0.921 bits per heavy atom. The maximum Gasteiger partial charge on any atom is 0.335 e. The van der Waals surface area contributed by atoms with Crippen molar-refractivity contribution < 1.29 is 24.0 Å². The van der Waals surface area contributed by atoms with Crippen molar-refractivity contribution in [3.8, 4) is 5.75 Å². The van der Waals surface area contributed by atoms with Crippen LogP contribution in [-0.4, -0.2) is 22.8 Å². The normalized spacial score (nSPS) is 14.6. The lowest BCUT2D eigenvalue weighted by Gasteiger charge is -2.26. The molecule has 1 aliphatic rings. The first kappa shape index (κ1) is 24.7. The van der Waals surface area contributed by atoms with Crippen LogP contribution in [0.3, 0.4) is 0 Å². The molecular weight excluding hydrogens is 510 g/mol. The van der Waals surface area contributed by atoms with Crippen molar-refractivity contribution in [3.63, 3.8) is 0 Å². The first-order chi connectivity index (χ1) is 18.3. The van der Waals surface area contributed by atoms with Gasteiger partial charge in [-0.2, -0.15) is 0 Å². The number of imide groups is 2. The monoisotopic (exact) mass is 527 g/mol. The van der Waals surface area contributed by atoms with Gasteiger partial charge in [0, 0.05) is 22.7 Å². The van der Waals surface area contributed by atoms with Crippen LogP contribution in [0.15, 0.2) is 90.5 Å². The van der Waals surface area contributed by atoms with Crippen molar-refractivity contribution in [2.24, 2.45) is 0 Å². The highest BCUT2D eigenvalue weighted by Crippen LogP contribution is 2.32. The Morgan fingerprint density at radius 3 is 2.34 bits per heavy atom. The van der Waals surface area contributed by atoms with Gasteiger partial charge in [0.05, 0.1) is 10.6 Å². The van der Waals surface area contributed by atoms with Gasteiger partial charge in [-0.3, -0.25) is 25.0 Å². The molecule has 5 rings (SSSR count). The number of hydrogen-bond donors (Lipinski definition) is 1. The Labute approximate surface area is 221 Å². The zero-order chi connectivity index (χ0) is 26.8. The lowest BCUT2D eigenvalue weighted by Crippen LogP contribution is -2.54. The van der Waals surface area contributed by atoms with E-state index < -0.39 is 22.8 Å². The molecule has 0 saturated carbocycles. The number of fused-ring (bicyclic) bond motifs is 1. The average Bonchev–Trinajstić information content (AvgIpc) is 2.91. The summed E-state index contributed by atoms with van der Waals surface area (Å²) in [5, 5.41) is 15.3. The molecule has 1 aliphatic heterocycles. The summed E-state index contributed by atoms with van der Waals surface area (Å²) < 4.78 is 6.08. The van der Waals surface area contributed by atoms with Gasteiger partial charge in [0.15, 0.2) is 0 Å². The van der Waals surface area contributed by atoms with Crippen LogP contribution in [-0.2, 0) is 16.2 Å². The highest BCUT2D eigenvalue weighted by Gasteiger charge is 2.37. The van der Waals surface area contributed by atoms with Crippen LogP contribution in [0, 0.1) is 10.1 Å². The maximum atomic E-state index is 13.4. The topological polar surface area (TPSA) is 119 Å². The number of anilines is 1. The van der Waals surface area contributed by atoms with E-state index in [1.807, 2.05) is 42.5 Å². The van der Waals surface area contributed by atoms with Gasteiger partial charge < -0.3 is 4.74 Å². The van der Waals surface area contributed by atoms with Crippen LogP contribution < -0.4 is 15.0 Å². The number of amides is 4. The second-order valence-corrected chi connectivity index (χ2v) is 8.78. The Morgan fingerprint density at radius 2 is 1.63 bits per heavy atom. The molecule has 0 aliphatic carbocycles. The minimum atomic E-state index is -0.955. The quantitative estimate of drug-likeness (QED) is 0.150. The number of ether oxygens (including phenoxy) is 1. The number of nitro groups is 1. The summed E-state index contributed by atoms with van der Waals surface area (Å²) in [5.41, 5.74) is 0.920. The Bertz CT molecular complexity index is 1630. The van der Waals surface area contributed by atoms with E-state index in [9.17, 15) is 24.5 Å². The number of nitrogens with one attached hydrogen (secondary N) is 1. The molecule has 4 amide bonds. The van der Waals surface area contributed by atoms with Gasteiger partial charge in [0.2, 0.25) is 0 Å². The smallest absolute Gasteiger partial charge is 0.335 e. The third-order valence-electron chi connectivity index (χ3n) is 5.95. The van der Waals surface area contributed by atoms with Crippen LogP contribution in [0.2, 0.25) is 5.02 Å². The zero-order valence-electron chi connectivity index (χ0n) is 19.6. The molecule has 0 aromatic heterocycles. The van der Waals surface area contributed by atoms with E-state index in [1.54, 1.807) is 18.2 Å². The molecule has 1 heterocycles. The molecule has 38 heavy (non-hydrogen) atoms. The van der Waals surface area contributed by atoms with Crippen molar-refractivity contribution in [2.45, 2.75) is 6.61 Å². The van der Waals surface area contributed by atoms with Crippen LogP contribution >= 0.6 is 11.6 Å². The lowest BCUT2D eigenvalue weighted by atomic mass is 9.99. The third-order valence-corrected chi connectivity index (χ3v) is 6.20. The van der Waals surface area contributed by atoms with Gasteiger partial charge in [-0.25, -0.2) is 9.69 Å². The second kappa shape index (κ2) is 10.2. The molecule has 1 saturated heterocycles. The third kappa shape index (κ3) is 4.82. The number of barbiturate groups is 1. The largest absolute Gasteiger partial charge is 0.488 e. The molecule has 0 bridgehead atoms. The number of nitro benzene ring substituents is 1. The molecule has 0 spiro atoms. The Kier molecular flexibility index (Phi) is 6.59. The summed E-state index contributed by atoms with van der Waals surface area (Å²) in [6.45, 7) is 0.208. The average molecular weight is 528 g/mol. The fourth-order valence-electron chi connectivity index (χ4n) is 4.05. The first-order valence-corrected chi connectivity index (χ1v) is 11.7. The van der Waals surface area contributed by atoms with Crippen LogP contribution in [0.1, 0.15) is 11.1 Å². The summed E-state index contributed by atoms with van der Waals surface area (Å²) in [7, 11) is 0. The number of non-ortho nitro benzene ring substituents is 1. The number of benzene rings is 4. The molecule has 0 unspecified atom stereocenters. The van der Waals surface area contributed by atoms with Gasteiger partial charge in [0.1, 0.15) is 17.9 Å². The summed E-state index contributed by atoms with van der Waals surface area (Å²) in [6, 6.07) is 22.1. The van der Waals surface area contributed by atoms with Gasteiger partial charge in [-0.15, -0.1) is 0 Å². The molecular formula is C28H18ClN3O6. The Balaban J connectivity index is 1.55. The standard InChI is InChI=1S/C28H18ClN3O6/c29-19-8-5-17(6-9-19)16-38-25-14-7-18-3-1-2-4-22(18)23(25)15-24-26(33)30-28(35)31(27(24)34)20-10-12-21(13-11-20)32(36)37/h1-15H,16H2,(H,30,33,35)/b24-15+. The minimum absolute atomic E-state index is 0.0774. The summed E-state index contributed by atoms with van der Waals surface area (Å²) in [4.78, 5) is 50.0. The van der Waals surface area contributed by atoms with Gasteiger partial charge >= 0.3 is 6.03 Å². The Hall–Kier alpha value is -5.02. The number of urea groups is 1. The summed E-state index contributed by atoms with van der Waals surface area (Å²) in [6.07, 6.45) is 1.39. The minimum Gasteiger partial charge on any atom is -0.488 e. The summed E-state index contributed by atoms with van der Waals surface area (Å²) in [5.74, 6) is -1.32. The lowest BCUT2D eigenvalue weighted by molar-refractivity contribution is -0.384. The number of nitrogens with zero attached hydrogens (tertiary/aromatic N) is 2. The van der Waals surface area contributed by atoms with Crippen molar-refractivity contribution in [2.75, 3.05) is 4.90 Å². The van der Waals surface area contributed by atoms with E-state index >= 15 is 0 Å². The maximum absolute atomic E-state index is 13.4. The number of carbonyl (C=O) groups is 3. The van der Waals surface area contributed by atoms with Gasteiger partial charge in [-0.1, -0.05) is 54.1 Å². The van der Waals surface area contributed by atoms with E-state index in [0.717, 1.165) is 21.2 Å². The molecule has 10 heteroatoms. The molecule has 1 N–H and O–H groups in total. The van der Waals surface area contributed by atoms with Crippen molar-refractivity contribution >= 4 is 57.7 Å². The highest BCUT2D eigenvalue weighted by atomic mass is 35.5. The van der Waals surface area contributed by atoms with Crippen molar-refractivity contribution in [1.82, 2.24) is 5.32 Å². The van der Waals surface area contributed by atoms with Crippen LogP contribution in [0.5, 0.6) is 5.75 Å². The predicted molar refractivity (Wildman–Crippen MR) is 142 cm³/mol. The fourth-order valence-corrected chi connectivity index (χ4v) is 4.18. The molecule has 4 aromatic carbocycles. The van der Waals surface area contributed by atoms with E-state index in [4.69, 9.17) is 16.3 Å². The number of halogens is 1. The molecule has 9 nitrogen and oxygen atoms in total. The number of rotatable bonds is 6. The first-order valence-electron chi connectivity index (χ1n) is 11.4. The van der Waals surface area contributed by atoms with E-state index in [2.05, 4.69) is 5.32 Å². The fraction of sp³-hybridized carbons (Fsp3) is 0.0357. The van der Waals surface area contributed by atoms with E-state index in [1.165, 1.54) is 30.3 Å². The summed E-state index contributed by atoms with van der Waals surface area (Å²) >= 11 is 5.97. The number of hydrogen-bond acceptors (Lipinski definition) is 6. The highest BCUT2D eigenvalue weighted by molar-refractivity contribution is 6.39. The zero-order valence-corrected chi connectivity index (χ0v) is 20.3. The predicted octanol–water partition coefficient (Wildman–Crippen LogP) is 5.65. The molecule has 0 radical (unpaired) electrons. The van der Waals surface area contributed by atoms with Crippen molar-refractivity contribution in [1.29, 1.82) is 0 Å². The van der Waals surface area contributed by atoms with E-state index in [-0.39, 0.29) is 23.6 Å². The van der Waals surface area contributed by atoms with Gasteiger partial charge in [0.25, 0.3) is 17.5 Å². The van der Waals surface area contributed by atoms with Crippen LogP contribution in [0.4, 0.5) is 16.2 Å².